The van der Waals surface area contributed by atoms with Crippen molar-refractivity contribution in [3.63, 3.8) is 0 Å². The van der Waals surface area contributed by atoms with E-state index in [0.29, 0.717) is 13.1 Å². The molecule has 0 unspecified atom stereocenters. The van der Waals surface area contributed by atoms with E-state index in [1.807, 2.05) is 25.7 Å². The molecule has 0 aliphatic carbocycles. The summed E-state index contributed by atoms with van der Waals surface area (Å²) in [6.07, 6.45) is 0. The van der Waals surface area contributed by atoms with E-state index in [1.54, 1.807) is 16.8 Å². The van der Waals surface area contributed by atoms with E-state index in [0.717, 1.165) is 35.7 Å². The predicted octanol–water partition coefficient (Wildman–Crippen LogP) is 2.30. The van der Waals surface area contributed by atoms with Gasteiger partial charge in [-0.15, -0.1) is 0 Å². The van der Waals surface area contributed by atoms with E-state index in [4.69, 9.17) is 0 Å². The molecule has 0 atom stereocenters. The van der Waals surface area contributed by atoms with E-state index >= 15 is 0 Å². The summed E-state index contributed by atoms with van der Waals surface area (Å²) < 4.78 is 14.8. The van der Waals surface area contributed by atoms with E-state index in [2.05, 4.69) is 10.00 Å². The van der Waals surface area contributed by atoms with Gasteiger partial charge >= 0.3 is 0 Å². The van der Waals surface area contributed by atoms with Crippen molar-refractivity contribution in [2.45, 2.75) is 27.3 Å². The second kappa shape index (κ2) is 6.63. The first-order chi connectivity index (χ1) is 11.5. The Morgan fingerprint density at radius 2 is 1.71 bits per heavy atom. The molecule has 0 radical (unpaired) electrons. The monoisotopic (exact) mass is 330 g/mol. The smallest absolute Gasteiger partial charge is 0.244 e. The number of carbonyl (C=O) groups excluding carboxylic acids is 1. The van der Waals surface area contributed by atoms with Gasteiger partial charge in [-0.2, -0.15) is 5.10 Å². The molecule has 1 aromatic carbocycles. The molecule has 1 aliphatic rings. The third-order valence-corrected chi connectivity index (χ3v) is 4.85. The van der Waals surface area contributed by atoms with Gasteiger partial charge in [-0.1, -0.05) is 0 Å². The molecule has 1 aromatic heterocycles. The highest BCUT2D eigenvalue weighted by Gasteiger charge is 2.22. The van der Waals surface area contributed by atoms with Crippen LogP contribution in [0.5, 0.6) is 0 Å². The minimum absolute atomic E-state index is 0.0966. The molecule has 2 aromatic rings. The molecule has 1 saturated heterocycles. The second-order valence-corrected chi connectivity index (χ2v) is 6.30. The molecule has 1 aliphatic heterocycles. The van der Waals surface area contributed by atoms with E-state index in [9.17, 15) is 9.18 Å². The zero-order valence-corrected chi connectivity index (χ0v) is 14.4. The largest absolute Gasteiger partial charge is 0.368 e. The number of nitrogens with zero attached hydrogens (tertiary/aromatic N) is 4. The SMILES string of the molecule is Cc1nn(CC(=O)N2CCN(c3ccc(F)cc3)CC2)c(C)c1C. The van der Waals surface area contributed by atoms with Crippen LogP contribution in [0, 0.1) is 26.6 Å². The summed E-state index contributed by atoms with van der Waals surface area (Å²) in [5, 5.41) is 4.44. The number of benzene rings is 1. The Balaban J connectivity index is 1.59. The lowest BCUT2D eigenvalue weighted by molar-refractivity contribution is -0.132. The molecule has 128 valence electrons. The van der Waals surface area contributed by atoms with Gasteiger partial charge in [0.2, 0.25) is 5.91 Å². The third kappa shape index (κ3) is 3.27. The summed E-state index contributed by atoms with van der Waals surface area (Å²) in [7, 11) is 0. The van der Waals surface area contributed by atoms with E-state index in [-0.39, 0.29) is 18.3 Å². The molecular weight excluding hydrogens is 307 g/mol. The molecule has 5 nitrogen and oxygen atoms in total. The Morgan fingerprint density at radius 1 is 1.08 bits per heavy atom. The Hall–Kier alpha value is -2.37. The fraction of sp³-hybridized carbons (Fsp3) is 0.444. The van der Waals surface area contributed by atoms with Crippen molar-refractivity contribution in [2.75, 3.05) is 31.1 Å². The van der Waals surface area contributed by atoms with E-state index < -0.39 is 0 Å². The van der Waals surface area contributed by atoms with Crippen LogP contribution in [0.1, 0.15) is 17.0 Å². The summed E-state index contributed by atoms with van der Waals surface area (Å²) in [4.78, 5) is 16.6. The fourth-order valence-corrected chi connectivity index (χ4v) is 3.03. The van der Waals surface area contributed by atoms with Crippen molar-refractivity contribution in [3.05, 3.63) is 47.0 Å². The second-order valence-electron chi connectivity index (χ2n) is 6.30. The molecule has 3 rings (SSSR count). The van der Waals surface area contributed by atoms with Crippen LogP contribution in [0.4, 0.5) is 10.1 Å². The summed E-state index contributed by atoms with van der Waals surface area (Å²) in [5.74, 6) is -0.132. The summed E-state index contributed by atoms with van der Waals surface area (Å²) >= 11 is 0. The van der Waals surface area contributed by atoms with Gasteiger partial charge in [0.1, 0.15) is 12.4 Å². The van der Waals surface area contributed by atoms with Crippen LogP contribution in [0.25, 0.3) is 0 Å². The van der Waals surface area contributed by atoms with Crippen LogP contribution in [-0.4, -0.2) is 46.8 Å². The Morgan fingerprint density at radius 3 is 2.25 bits per heavy atom. The van der Waals surface area contributed by atoms with Crippen LogP contribution in [-0.2, 0) is 11.3 Å². The van der Waals surface area contributed by atoms with Gasteiger partial charge in [0.25, 0.3) is 0 Å². The number of aryl methyl sites for hydroxylation is 1. The third-order valence-electron chi connectivity index (χ3n) is 4.85. The maximum atomic E-state index is 13.0. The Labute approximate surface area is 141 Å². The topological polar surface area (TPSA) is 41.4 Å². The van der Waals surface area contributed by atoms with Crippen molar-refractivity contribution < 1.29 is 9.18 Å². The first kappa shape index (κ1) is 16.5. The van der Waals surface area contributed by atoms with Crippen LogP contribution in [0.15, 0.2) is 24.3 Å². The van der Waals surface area contributed by atoms with Gasteiger partial charge < -0.3 is 9.80 Å². The average Bonchev–Trinajstić information content (AvgIpc) is 2.83. The van der Waals surface area contributed by atoms with Crippen LogP contribution >= 0.6 is 0 Å². The zero-order chi connectivity index (χ0) is 17.3. The van der Waals surface area contributed by atoms with Gasteiger partial charge in [-0.3, -0.25) is 9.48 Å². The number of aromatic nitrogens is 2. The highest BCUT2D eigenvalue weighted by molar-refractivity contribution is 5.76. The van der Waals surface area contributed by atoms with Gasteiger partial charge in [0.05, 0.1) is 5.69 Å². The average molecular weight is 330 g/mol. The summed E-state index contributed by atoms with van der Waals surface area (Å²) in [5.41, 5.74) is 4.16. The minimum atomic E-state index is -0.229. The Bertz CT molecular complexity index is 730. The first-order valence-electron chi connectivity index (χ1n) is 8.24. The highest BCUT2D eigenvalue weighted by Crippen LogP contribution is 2.17. The summed E-state index contributed by atoms with van der Waals surface area (Å²) in [6, 6.07) is 6.51. The molecular formula is C18H23FN4O. The molecule has 2 heterocycles. The highest BCUT2D eigenvalue weighted by atomic mass is 19.1. The predicted molar refractivity (Wildman–Crippen MR) is 91.6 cm³/mol. The fourth-order valence-electron chi connectivity index (χ4n) is 3.03. The van der Waals surface area contributed by atoms with Gasteiger partial charge in [-0.25, -0.2) is 4.39 Å². The van der Waals surface area contributed by atoms with Gasteiger partial charge in [0.15, 0.2) is 0 Å². The maximum Gasteiger partial charge on any atom is 0.244 e. The van der Waals surface area contributed by atoms with Crippen LogP contribution in [0.3, 0.4) is 0 Å². The number of hydrogen-bond acceptors (Lipinski definition) is 3. The summed E-state index contributed by atoms with van der Waals surface area (Å²) in [6.45, 7) is 9.14. The van der Waals surface area contributed by atoms with Crippen molar-refractivity contribution in [1.29, 1.82) is 0 Å². The lowest BCUT2D eigenvalue weighted by atomic mass is 10.2. The zero-order valence-electron chi connectivity index (χ0n) is 14.4. The van der Waals surface area contributed by atoms with Crippen molar-refractivity contribution >= 4 is 11.6 Å². The van der Waals surface area contributed by atoms with Gasteiger partial charge in [-0.05, 0) is 50.6 Å². The Kier molecular flexibility index (Phi) is 4.55. The number of rotatable bonds is 3. The quantitative estimate of drug-likeness (QED) is 0.867. The number of amides is 1. The molecule has 0 spiro atoms. The number of piperazine rings is 1. The van der Waals surface area contributed by atoms with Crippen molar-refractivity contribution in [2.24, 2.45) is 0 Å². The molecule has 0 bridgehead atoms. The van der Waals surface area contributed by atoms with Crippen molar-refractivity contribution in [3.8, 4) is 0 Å². The molecule has 1 fully saturated rings. The molecule has 6 heteroatoms. The standard InChI is InChI=1S/C18H23FN4O/c1-13-14(2)20-23(15(13)3)12-18(24)22-10-8-21(9-11-22)17-6-4-16(19)5-7-17/h4-7H,8-12H2,1-3H3. The minimum Gasteiger partial charge on any atom is -0.368 e. The van der Waals surface area contributed by atoms with Crippen molar-refractivity contribution in [1.82, 2.24) is 14.7 Å². The van der Waals surface area contributed by atoms with Crippen LogP contribution < -0.4 is 4.90 Å². The molecule has 0 saturated carbocycles. The normalized spacial score (nSPS) is 15.0. The lowest BCUT2D eigenvalue weighted by Gasteiger charge is -2.36. The number of halogens is 1. The number of carbonyl (C=O) groups is 1. The van der Waals surface area contributed by atoms with Crippen LogP contribution in [0.2, 0.25) is 0 Å². The number of hydrogen-bond donors (Lipinski definition) is 0. The number of anilines is 1. The lowest BCUT2D eigenvalue weighted by Crippen LogP contribution is -2.49. The molecule has 1 amide bonds. The first-order valence-corrected chi connectivity index (χ1v) is 8.24. The molecule has 0 N–H and O–H groups in total. The molecule has 24 heavy (non-hydrogen) atoms. The van der Waals surface area contributed by atoms with Gasteiger partial charge in [0, 0.05) is 37.6 Å². The van der Waals surface area contributed by atoms with E-state index in [1.165, 1.54) is 12.1 Å². The maximum absolute atomic E-state index is 13.0.